The molecular weight excluding hydrogens is 340 g/mol. The molecule has 3 aromatic rings. The Morgan fingerprint density at radius 2 is 1.93 bits per heavy atom. The summed E-state index contributed by atoms with van der Waals surface area (Å²) in [4.78, 5) is 12.0. The van der Waals surface area contributed by atoms with Crippen LogP contribution in [0.2, 0.25) is 0 Å². The molecule has 0 aliphatic heterocycles. The highest BCUT2D eigenvalue weighted by Crippen LogP contribution is 2.34. The summed E-state index contributed by atoms with van der Waals surface area (Å²) in [6, 6.07) is 15.7. The second kappa shape index (κ2) is 8.54. The smallest absolute Gasteiger partial charge is 0.273 e. The Morgan fingerprint density at radius 1 is 1.15 bits per heavy atom. The maximum Gasteiger partial charge on any atom is 0.273 e. The molecule has 0 unspecified atom stereocenters. The molecule has 0 bridgehead atoms. The average Bonchev–Trinajstić information content (AvgIpc) is 3.17. The van der Waals surface area contributed by atoms with Gasteiger partial charge in [0.05, 0.1) is 5.56 Å². The van der Waals surface area contributed by atoms with Gasteiger partial charge in [0.25, 0.3) is 5.91 Å². The number of amides is 1. The first-order valence-corrected chi connectivity index (χ1v) is 9.17. The normalized spacial score (nSPS) is 10.6. The third-order valence-corrected chi connectivity index (χ3v) is 4.40. The quantitative estimate of drug-likeness (QED) is 0.668. The lowest BCUT2D eigenvalue weighted by atomic mass is 10.0. The molecular formula is C22H24N2O3. The summed E-state index contributed by atoms with van der Waals surface area (Å²) >= 11 is 0. The number of nitrogens with one attached hydrogen (secondary N) is 1. The standard InChI is InChI=1S/C22H24N2O3/c1-4-17-12-18(21-13-19(24-27-21)22(25)23-5-2)20(11-15(17)3)26-14-16-9-7-6-8-10-16/h6-13H,4-5,14H2,1-3H3,(H,23,25). The van der Waals surface area contributed by atoms with Gasteiger partial charge >= 0.3 is 0 Å². The van der Waals surface area contributed by atoms with Gasteiger partial charge in [-0.25, -0.2) is 0 Å². The highest BCUT2D eigenvalue weighted by Gasteiger charge is 2.18. The molecule has 0 spiro atoms. The van der Waals surface area contributed by atoms with Gasteiger partial charge in [0, 0.05) is 12.6 Å². The van der Waals surface area contributed by atoms with E-state index in [9.17, 15) is 4.79 Å². The van der Waals surface area contributed by atoms with Crippen LogP contribution in [0.3, 0.4) is 0 Å². The van der Waals surface area contributed by atoms with Crippen molar-refractivity contribution in [1.29, 1.82) is 0 Å². The molecule has 0 radical (unpaired) electrons. The van der Waals surface area contributed by atoms with E-state index in [2.05, 4.69) is 30.4 Å². The van der Waals surface area contributed by atoms with Gasteiger partial charge in [-0.2, -0.15) is 0 Å². The zero-order valence-corrected chi connectivity index (χ0v) is 15.9. The zero-order valence-electron chi connectivity index (χ0n) is 15.9. The molecule has 140 valence electrons. The van der Waals surface area contributed by atoms with Crippen LogP contribution in [-0.2, 0) is 13.0 Å². The van der Waals surface area contributed by atoms with E-state index in [0.717, 1.165) is 23.1 Å². The molecule has 1 amide bonds. The molecule has 0 atom stereocenters. The van der Waals surface area contributed by atoms with Crippen molar-refractivity contribution in [3.63, 3.8) is 0 Å². The first kappa shape index (κ1) is 18.7. The number of aryl methyl sites for hydroxylation is 2. The monoisotopic (exact) mass is 364 g/mol. The summed E-state index contributed by atoms with van der Waals surface area (Å²) in [7, 11) is 0. The van der Waals surface area contributed by atoms with Crippen LogP contribution in [-0.4, -0.2) is 17.6 Å². The molecule has 27 heavy (non-hydrogen) atoms. The fourth-order valence-electron chi connectivity index (χ4n) is 2.91. The predicted molar refractivity (Wildman–Crippen MR) is 105 cm³/mol. The van der Waals surface area contributed by atoms with Crippen LogP contribution >= 0.6 is 0 Å². The number of rotatable bonds is 7. The number of ether oxygens (including phenoxy) is 1. The molecule has 0 fully saturated rings. The van der Waals surface area contributed by atoms with Crippen LogP contribution < -0.4 is 10.1 Å². The van der Waals surface area contributed by atoms with Gasteiger partial charge in [0.15, 0.2) is 11.5 Å². The van der Waals surface area contributed by atoms with E-state index in [0.29, 0.717) is 24.7 Å². The Bertz CT molecular complexity index is 917. The van der Waals surface area contributed by atoms with Crippen molar-refractivity contribution < 1.29 is 14.1 Å². The van der Waals surface area contributed by atoms with Crippen LogP contribution in [0, 0.1) is 6.92 Å². The van der Waals surface area contributed by atoms with Crippen molar-refractivity contribution in [2.24, 2.45) is 0 Å². The summed E-state index contributed by atoms with van der Waals surface area (Å²) in [5.74, 6) is 0.989. The number of carbonyl (C=O) groups is 1. The summed E-state index contributed by atoms with van der Waals surface area (Å²) in [5, 5.41) is 6.63. The first-order chi connectivity index (χ1) is 13.1. The predicted octanol–water partition coefficient (Wildman–Crippen LogP) is 4.54. The third-order valence-electron chi connectivity index (χ3n) is 4.40. The number of aromatic nitrogens is 1. The third kappa shape index (κ3) is 4.37. The van der Waals surface area contributed by atoms with Gasteiger partial charge < -0.3 is 14.6 Å². The molecule has 0 aliphatic rings. The van der Waals surface area contributed by atoms with E-state index >= 15 is 0 Å². The van der Waals surface area contributed by atoms with Gasteiger partial charge in [-0.05, 0) is 49.1 Å². The zero-order chi connectivity index (χ0) is 19.2. The van der Waals surface area contributed by atoms with Crippen molar-refractivity contribution in [2.45, 2.75) is 33.8 Å². The lowest BCUT2D eigenvalue weighted by Crippen LogP contribution is -2.22. The second-order valence-corrected chi connectivity index (χ2v) is 6.34. The fraction of sp³-hybridized carbons (Fsp3) is 0.273. The molecule has 1 aromatic heterocycles. The molecule has 1 N–H and O–H groups in total. The largest absolute Gasteiger partial charge is 0.488 e. The number of hydrogen-bond acceptors (Lipinski definition) is 4. The van der Waals surface area contributed by atoms with E-state index in [1.165, 1.54) is 5.56 Å². The fourth-order valence-corrected chi connectivity index (χ4v) is 2.91. The Hall–Kier alpha value is -3.08. The highest BCUT2D eigenvalue weighted by molar-refractivity contribution is 5.93. The van der Waals surface area contributed by atoms with Gasteiger partial charge in [-0.1, -0.05) is 42.4 Å². The van der Waals surface area contributed by atoms with Crippen LogP contribution in [0.4, 0.5) is 0 Å². The summed E-state index contributed by atoms with van der Waals surface area (Å²) in [5.41, 5.74) is 4.51. The van der Waals surface area contributed by atoms with Gasteiger partial charge in [0.1, 0.15) is 12.4 Å². The summed E-state index contributed by atoms with van der Waals surface area (Å²) in [6.07, 6.45) is 0.898. The summed E-state index contributed by atoms with van der Waals surface area (Å²) in [6.45, 7) is 7.03. The van der Waals surface area contributed by atoms with Crippen LogP contribution in [0.15, 0.2) is 53.1 Å². The number of benzene rings is 2. The maximum absolute atomic E-state index is 12.0. The molecule has 5 nitrogen and oxygen atoms in total. The minimum Gasteiger partial charge on any atom is -0.488 e. The molecule has 2 aromatic carbocycles. The van der Waals surface area contributed by atoms with Crippen molar-refractivity contribution in [3.8, 4) is 17.1 Å². The van der Waals surface area contributed by atoms with E-state index in [-0.39, 0.29) is 11.6 Å². The molecule has 0 saturated carbocycles. The minimum absolute atomic E-state index is 0.248. The minimum atomic E-state index is -0.248. The second-order valence-electron chi connectivity index (χ2n) is 6.34. The van der Waals surface area contributed by atoms with Crippen molar-refractivity contribution in [1.82, 2.24) is 10.5 Å². The highest BCUT2D eigenvalue weighted by atomic mass is 16.5. The Balaban J connectivity index is 1.93. The lowest BCUT2D eigenvalue weighted by molar-refractivity contribution is 0.0947. The Kier molecular flexibility index (Phi) is 5.91. The molecule has 3 rings (SSSR count). The van der Waals surface area contributed by atoms with E-state index in [1.54, 1.807) is 6.07 Å². The molecule has 0 aliphatic carbocycles. The number of carbonyl (C=O) groups excluding carboxylic acids is 1. The molecule has 1 heterocycles. The van der Waals surface area contributed by atoms with E-state index in [4.69, 9.17) is 9.26 Å². The van der Waals surface area contributed by atoms with Crippen molar-refractivity contribution in [2.75, 3.05) is 6.54 Å². The Labute approximate surface area is 159 Å². The number of hydrogen-bond donors (Lipinski definition) is 1. The van der Waals surface area contributed by atoms with Crippen LogP contribution in [0.1, 0.15) is 41.0 Å². The van der Waals surface area contributed by atoms with Gasteiger partial charge in [0.2, 0.25) is 0 Å². The lowest BCUT2D eigenvalue weighted by Gasteiger charge is -2.13. The topological polar surface area (TPSA) is 64.4 Å². The van der Waals surface area contributed by atoms with E-state index < -0.39 is 0 Å². The molecule has 5 heteroatoms. The van der Waals surface area contributed by atoms with Gasteiger partial charge in [-0.3, -0.25) is 4.79 Å². The maximum atomic E-state index is 12.0. The van der Waals surface area contributed by atoms with Gasteiger partial charge in [-0.15, -0.1) is 0 Å². The average molecular weight is 364 g/mol. The van der Waals surface area contributed by atoms with Crippen molar-refractivity contribution >= 4 is 5.91 Å². The number of nitrogens with zero attached hydrogens (tertiary/aromatic N) is 1. The van der Waals surface area contributed by atoms with Crippen molar-refractivity contribution in [3.05, 3.63) is 70.9 Å². The summed E-state index contributed by atoms with van der Waals surface area (Å²) < 4.78 is 11.5. The first-order valence-electron chi connectivity index (χ1n) is 9.17. The van der Waals surface area contributed by atoms with Crippen LogP contribution in [0.25, 0.3) is 11.3 Å². The van der Waals surface area contributed by atoms with Crippen LogP contribution in [0.5, 0.6) is 5.75 Å². The van der Waals surface area contributed by atoms with E-state index in [1.807, 2.05) is 43.3 Å². The molecule has 0 saturated heterocycles. The SMILES string of the molecule is CCNC(=O)c1cc(-c2cc(CC)c(C)cc2OCc2ccccc2)on1. The Morgan fingerprint density at radius 3 is 2.63 bits per heavy atom.